The number of rotatable bonds is 8. The maximum atomic E-state index is 13.5. The first-order chi connectivity index (χ1) is 10.9. The Morgan fingerprint density at radius 2 is 1.96 bits per heavy atom. The van der Waals surface area contributed by atoms with E-state index in [0.29, 0.717) is 0 Å². The van der Waals surface area contributed by atoms with Crippen LogP contribution in [0.25, 0.3) is 0 Å². The first kappa shape index (κ1) is 19.0. The SMILES string of the molecule is CCN(CC(=O)Nc1c(F)cccc1F)C(=O)CC(CN)OC. The van der Waals surface area contributed by atoms with Crippen LogP contribution in [0, 0.1) is 11.6 Å². The smallest absolute Gasteiger partial charge is 0.244 e. The summed E-state index contributed by atoms with van der Waals surface area (Å²) in [5.74, 6) is -2.77. The van der Waals surface area contributed by atoms with E-state index >= 15 is 0 Å². The van der Waals surface area contributed by atoms with Gasteiger partial charge in [0.15, 0.2) is 0 Å². The Balaban J connectivity index is 2.68. The number of carbonyl (C=O) groups excluding carboxylic acids is 2. The zero-order valence-corrected chi connectivity index (χ0v) is 13.1. The standard InChI is InChI=1S/C15H21F2N3O3/c1-3-20(14(22)7-10(8-18)23-2)9-13(21)19-15-11(16)5-4-6-12(15)17/h4-6,10H,3,7-9,18H2,1-2H3,(H,19,21). The quantitative estimate of drug-likeness (QED) is 0.748. The van der Waals surface area contributed by atoms with Crippen molar-refractivity contribution in [1.29, 1.82) is 0 Å². The molecule has 23 heavy (non-hydrogen) atoms. The molecule has 1 rings (SSSR count). The molecule has 0 aliphatic heterocycles. The summed E-state index contributed by atoms with van der Waals surface area (Å²) in [7, 11) is 1.44. The molecule has 3 N–H and O–H groups in total. The number of benzene rings is 1. The van der Waals surface area contributed by atoms with Gasteiger partial charge in [0, 0.05) is 20.2 Å². The number of halogens is 2. The van der Waals surface area contributed by atoms with Gasteiger partial charge >= 0.3 is 0 Å². The predicted molar refractivity (Wildman–Crippen MR) is 81.7 cm³/mol. The average Bonchev–Trinajstić information content (AvgIpc) is 2.53. The van der Waals surface area contributed by atoms with Crippen LogP contribution < -0.4 is 11.1 Å². The van der Waals surface area contributed by atoms with Crippen LogP contribution in [0.3, 0.4) is 0 Å². The molecule has 0 saturated heterocycles. The monoisotopic (exact) mass is 329 g/mol. The first-order valence-electron chi connectivity index (χ1n) is 7.17. The van der Waals surface area contributed by atoms with Crippen LogP contribution in [0.2, 0.25) is 0 Å². The Morgan fingerprint density at radius 1 is 1.35 bits per heavy atom. The second kappa shape index (κ2) is 9.16. The predicted octanol–water partition coefficient (Wildman–Crippen LogP) is 1.12. The molecule has 0 heterocycles. The summed E-state index contributed by atoms with van der Waals surface area (Å²) in [5, 5.41) is 2.14. The highest BCUT2D eigenvalue weighted by Crippen LogP contribution is 2.17. The summed E-state index contributed by atoms with van der Waals surface area (Å²) in [6, 6.07) is 3.26. The Kier molecular flexibility index (Phi) is 7.56. The number of para-hydroxylation sites is 1. The fraction of sp³-hybridized carbons (Fsp3) is 0.467. The summed E-state index contributed by atoms with van der Waals surface area (Å²) >= 11 is 0. The van der Waals surface area contributed by atoms with Gasteiger partial charge in [-0.25, -0.2) is 8.78 Å². The largest absolute Gasteiger partial charge is 0.380 e. The van der Waals surface area contributed by atoms with Gasteiger partial charge in [-0.3, -0.25) is 9.59 Å². The highest BCUT2D eigenvalue weighted by atomic mass is 19.1. The summed E-state index contributed by atoms with van der Waals surface area (Å²) in [4.78, 5) is 25.3. The molecule has 1 atom stereocenters. The molecule has 8 heteroatoms. The molecule has 1 unspecified atom stereocenters. The lowest BCUT2D eigenvalue weighted by molar-refractivity contribution is -0.136. The molecule has 1 aromatic carbocycles. The molecule has 0 aromatic heterocycles. The number of carbonyl (C=O) groups is 2. The van der Waals surface area contributed by atoms with Crippen molar-refractivity contribution in [3.05, 3.63) is 29.8 Å². The highest BCUT2D eigenvalue weighted by molar-refractivity contribution is 5.94. The molecule has 128 valence electrons. The van der Waals surface area contributed by atoms with Crippen molar-refractivity contribution in [2.75, 3.05) is 32.1 Å². The number of anilines is 1. The molecular formula is C15H21F2N3O3. The molecule has 6 nitrogen and oxygen atoms in total. The highest BCUT2D eigenvalue weighted by Gasteiger charge is 2.20. The maximum absolute atomic E-state index is 13.5. The molecule has 0 saturated carbocycles. The zero-order valence-electron chi connectivity index (χ0n) is 13.1. The minimum absolute atomic E-state index is 0.0299. The molecule has 0 fully saturated rings. The number of likely N-dealkylation sites (N-methyl/N-ethyl adjacent to an activating group) is 1. The van der Waals surface area contributed by atoms with E-state index in [0.717, 1.165) is 12.1 Å². The van der Waals surface area contributed by atoms with E-state index in [2.05, 4.69) is 5.32 Å². The summed E-state index contributed by atoms with van der Waals surface area (Å²) in [6.45, 7) is 1.82. The normalized spacial score (nSPS) is 11.9. The minimum atomic E-state index is -0.879. The van der Waals surface area contributed by atoms with Crippen LogP contribution in [-0.4, -0.2) is 49.6 Å². The molecular weight excluding hydrogens is 308 g/mol. The van der Waals surface area contributed by atoms with Crippen molar-refractivity contribution in [3.63, 3.8) is 0 Å². The van der Waals surface area contributed by atoms with E-state index in [4.69, 9.17) is 10.5 Å². The van der Waals surface area contributed by atoms with Crippen molar-refractivity contribution in [3.8, 4) is 0 Å². The lowest BCUT2D eigenvalue weighted by atomic mass is 10.2. The molecule has 0 spiro atoms. The lowest BCUT2D eigenvalue weighted by Gasteiger charge is -2.22. The number of ether oxygens (including phenoxy) is 1. The van der Waals surface area contributed by atoms with Crippen LogP contribution in [0.5, 0.6) is 0 Å². The van der Waals surface area contributed by atoms with E-state index in [1.165, 1.54) is 18.1 Å². The van der Waals surface area contributed by atoms with Gasteiger partial charge in [-0.1, -0.05) is 6.07 Å². The van der Waals surface area contributed by atoms with E-state index in [1.54, 1.807) is 6.92 Å². The fourth-order valence-electron chi connectivity index (χ4n) is 1.93. The van der Waals surface area contributed by atoms with Gasteiger partial charge in [0.05, 0.1) is 19.1 Å². The van der Waals surface area contributed by atoms with Gasteiger partial charge in [-0.05, 0) is 19.1 Å². The van der Waals surface area contributed by atoms with Crippen molar-refractivity contribution < 1.29 is 23.1 Å². The molecule has 2 amide bonds. The number of hydrogen-bond donors (Lipinski definition) is 2. The van der Waals surface area contributed by atoms with E-state index in [1.807, 2.05) is 0 Å². The van der Waals surface area contributed by atoms with Gasteiger partial charge < -0.3 is 20.7 Å². The van der Waals surface area contributed by atoms with Crippen molar-refractivity contribution in [2.45, 2.75) is 19.4 Å². The number of methoxy groups -OCH3 is 1. The topological polar surface area (TPSA) is 84.7 Å². The van der Waals surface area contributed by atoms with Gasteiger partial charge in [0.25, 0.3) is 0 Å². The number of nitrogens with one attached hydrogen (secondary N) is 1. The van der Waals surface area contributed by atoms with Crippen LogP contribution in [-0.2, 0) is 14.3 Å². The van der Waals surface area contributed by atoms with E-state index < -0.39 is 29.3 Å². The third kappa shape index (κ3) is 5.57. The Labute approximate surface area is 133 Å². The fourth-order valence-corrected chi connectivity index (χ4v) is 1.93. The average molecular weight is 329 g/mol. The lowest BCUT2D eigenvalue weighted by Crippen LogP contribution is -2.40. The first-order valence-corrected chi connectivity index (χ1v) is 7.17. The van der Waals surface area contributed by atoms with Crippen molar-refractivity contribution >= 4 is 17.5 Å². The van der Waals surface area contributed by atoms with Crippen LogP contribution >= 0.6 is 0 Å². The molecule has 0 aliphatic rings. The molecule has 0 bridgehead atoms. The van der Waals surface area contributed by atoms with Gasteiger partial charge in [0.1, 0.15) is 17.3 Å². The van der Waals surface area contributed by atoms with Gasteiger partial charge in [-0.15, -0.1) is 0 Å². The second-order valence-electron chi connectivity index (χ2n) is 4.85. The van der Waals surface area contributed by atoms with Crippen molar-refractivity contribution in [1.82, 2.24) is 4.90 Å². The van der Waals surface area contributed by atoms with Crippen LogP contribution in [0.4, 0.5) is 14.5 Å². The molecule has 0 aliphatic carbocycles. The third-order valence-corrected chi connectivity index (χ3v) is 3.29. The Hall–Kier alpha value is -2.06. The van der Waals surface area contributed by atoms with Crippen LogP contribution in [0.1, 0.15) is 13.3 Å². The Bertz CT molecular complexity index is 531. The van der Waals surface area contributed by atoms with Gasteiger partial charge in [0.2, 0.25) is 11.8 Å². The van der Waals surface area contributed by atoms with E-state index in [-0.39, 0.29) is 32.0 Å². The summed E-state index contributed by atoms with van der Waals surface area (Å²) in [6.07, 6.45) is -0.411. The number of amides is 2. The summed E-state index contributed by atoms with van der Waals surface area (Å²) < 4.78 is 32.0. The Morgan fingerprint density at radius 3 is 2.43 bits per heavy atom. The molecule has 0 radical (unpaired) electrons. The van der Waals surface area contributed by atoms with Crippen molar-refractivity contribution in [2.24, 2.45) is 5.73 Å². The third-order valence-electron chi connectivity index (χ3n) is 3.29. The second-order valence-corrected chi connectivity index (χ2v) is 4.85. The van der Waals surface area contributed by atoms with E-state index in [9.17, 15) is 18.4 Å². The summed E-state index contributed by atoms with van der Waals surface area (Å²) in [5.41, 5.74) is 4.92. The molecule has 1 aromatic rings. The van der Waals surface area contributed by atoms with Crippen LogP contribution in [0.15, 0.2) is 18.2 Å². The number of nitrogens with two attached hydrogens (primary N) is 1. The zero-order chi connectivity index (χ0) is 17.4. The number of hydrogen-bond acceptors (Lipinski definition) is 4. The maximum Gasteiger partial charge on any atom is 0.244 e. The number of nitrogens with zero attached hydrogens (tertiary/aromatic N) is 1. The van der Waals surface area contributed by atoms with Gasteiger partial charge in [-0.2, -0.15) is 0 Å². The minimum Gasteiger partial charge on any atom is -0.380 e.